The maximum Gasteiger partial charge on any atom is 0.343 e. The minimum absolute atomic E-state index is 0.0625. The Morgan fingerprint density at radius 1 is 1.18 bits per heavy atom. The van der Waals surface area contributed by atoms with Crippen molar-refractivity contribution in [1.29, 1.82) is 0 Å². The van der Waals surface area contributed by atoms with Gasteiger partial charge < -0.3 is 24.4 Å². The van der Waals surface area contributed by atoms with Crippen LogP contribution in [0, 0.1) is 5.82 Å². The summed E-state index contributed by atoms with van der Waals surface area (Å²) in [5.74, 6) is -1.37. The molecular weight excluding hydrogens is 427 g/mol. The number of rotatable bonds is 6. The third kappa shape index (κ3) is 5.22. The summed E-state index contributed by atoms with van der Waals surface area (Å²) in [7, 11) is 0. The Balaban J connectivity index is 0.000000914. The number of nitrogens with zero attached hydrogens (tertiary/aromatic N) is 2. The van der Waals surface area contributed by atoms with E-state index in [0.717, 1.165) is 31.7 Å². The molecule has 2 aliphatic rings. The first-order valence-electron chi connectivity index (χ1n) is 12.1. The van der Waals surface area contributed by atoms with Crippen LogP contribution in [0.2, 0.25) is 0 Å². The molecule has 2 heterocycles. The maximum atomic E-state index is 15.2. The summed E-state index contributed by atoms with van der Waals surface area (Å²) < 4.78 is 22.0. The minimum Gasteiger partial charge on any atom is -0.462 e. The molecule has 0 amide bonds. The first-order chi connectivity index (χ1) is 16.0. The molecule has 0 radical (unpaired) electrons. The zero-order valence-corrected chi connectivity index (χ0v) is 20.4. The van der Waals surface area contributed by atoms with Gasteiger partial charge in [0.25, 0.3) is 0 Å². The number of anilines is 1. The molecule has 33 heavy (non-hydrogen) atoms. The third-order valence-corrected chi connectivity index (χ3v) is 5.81. The monoisotopic (exact) mass is 464 g/mol. The predicted molar refractivity (Wildman–Crippen MR) is 128 cm³/mol. The van der Waals surface area contributed by atoms with E-state index in [9.17, 15) is 19.8 Å². The molecule has 2 aromatic rings. The number of halogens is 1. The molecule has 0 unspecified atom stereocenters. The standard InChI is InChI=1S/C21H25FN2O5.2C2H6/c1-2-29-21(28)15-9-24(12-5-6-12)18-14(20(15)27)8-17(22)19(16(18)11-26)23-7-3-4-13(23)10-25;2*1-2/h8-9,12-13,25-26H,2-7,10-11H2,1H3;2*1-2H3/t13-;;/m0../s1. The lowest BCUT2D eigenvalue weighted by Crippen LogP contribution is -2.34. The van der Waals surface area contributed by atoms with Crippen LogP contribution in [0.4, 0.5) is 10.1 Å². The summed E-state index contributed by atoms with van der Waals surface area (Å²) in [6.07, 6.45) is 4.77. The maximum absolute atomic E-state index is 15.2. The Kier molecular flexibility index (Phi) is 9.86. The van der Waals surface area contributed by atoms with Crippen molar-refractivity contribution in [2.75, 3.05) is 24.7 Å². The van der Waals surface area contributed by atoms with Crippen LogP contribution in [0.1, 0.15) is 82.3 Å². The van der Waals surface area contributed by atoms with Crippen LogP contribution < -0.4 is 10.3 Å². The second-order valence-electron chi connectivity index (χ2n) is 7.64. The molecule has 8 heteroatoms. The molecule has 184 valence electrons. The van der Waals surface area contributed by atoms with Gasteiger partial charge in [-0.05, 0) is 38.7 Å². The van der Waals surface area contributed by atoms with Gasteiger partial charge in [-0.25, -0.2) is 9.18 Å². The molecule has 1 aromatic heterocycles. The Bertz CT molecular complexity index is 1020. The minimum atomic E-state index is -0.733. The molecule has 1 atom stereocenters. The van der Waals surface area contributed by atoms with Crippen LogP contribution in [0.25, 0.3) is 10.9 Å². The Morgan fingerprint density at radius 2 is 1.85 bits per heavy atom. The molecule has 1 saturated carbocycles. The smallest absolute Gasteiger partial charge is 0.343 e. The fraction of sp³-hybridized carbons (Fsp3) is 0.600. The lowest BCUT2D eigenvalue weighted by molar-refractivity contribution is 0.0524. The van der Waals surface area contributed by atoms with Crippen molar-refractivity contribution in [3.8, 4) is 0 Å². The average Bonchev–Trinajstić information content (AvgIpc) is 3.58. The largest absolute Gasteiger partial charge is 0.462 e. The fourth-order valence-electron chi connectivity index (χ4n) is 4.33. The van der Waals surface area contributed by atoms with Crippen molar-refractivity contribution in [2.45, 2.75) is 79.0 Å². The number of aromatic nitrogens is 1. The second kappa shape index (κ2) is 12.1. The fourth-order valence-corrected chi connectivity index (χ4v) is 4.33. The summed E-state index contributed by atoms with van der Waals surface area (Å²) in [5.41, 5.74) is 0.273. The molecule has 1 saturated heterocycles. The van der Waals surface area contributed by atoms with Crippen LogP contribution in [-0.2, 0) is 11.3 Å². The number of carbonyl (C=O) groups excluding carboxylic acids is 1. The van der Waals surface area contributed by atoms with Gasteiger partial charge in [0.15, 0.2) is 0 Å². The zero-order chi connectivity index (χ0) is 24.7. The number of benzene rings is 1. The van der Waals surface area contributed by atoms with Crippen molar-refractivity contribution in [3.63, 3.8) is 0 Å². The summed E-state index contributed by atoms with van der Waals surface area (Å²) in [6.45, 7) is 9.78. The van der Waals surface area contributed by atoms with Gasteiger partial charge in [0.2, 0.25) is 5.43 Å². The third-order valence-electron chi connectivity index (χ3n) is 5.81. The van der Waals surface area contributed by atoms with E-state index in [-0.39, 0.29) is 41.9 Å². The first kappa shape index (κ1) is 26.8. The van der Waals surface area contributed by atoms with Gasteiger partial charge >= 0.3 is 5.97 Å². The van der Waals surface area contributed by atoms with Crippen LogP contribution in [0.5, 0.6) is 0 Å². The molecule has 7 nitrogen and oxygen atoms in total. The Labute approximate surface area is 194 Å². The lowest BCUT2D eigenvalue weighted by Gasteiger charge is -2.29. The highest BCUT2D eigenvalue weighted by atomic mass is 19.1. The predicted octanol–water partition coefficient (Wildman–Crippen LogP) is 4.16. The Hall–Kier alpha value is -2.45. The SMILES string of the molecule is CC.CC.CCOC(=O)c1cn(C2CC2)c2c(CO)c(N3CCC[C@H]3CO)c(F)cc2c1=O. The normalized spacial score (nSPS) is 17.2. The number of pyridine rings is 1. The molecular formula is C25H37FN2O5. The van der Waals surface area contributed by atoms with E-state index >= 15 is 4.39 Å². The van der Waals surface area contributed by atoms with Gasteiger partial charge in [0.1, 0.15) is 11.4 Å². The highest BCUT2D eigenvalue weighted by Crippen LogP contribution is 2.41. The van der Waals surface area contributed by atoms with Crippen LogP contribution in [-0.4, -0.2) is 46.5 Å². The first-order valence-corrected chi connectivity index (χ1v) is 12.1. The summed E-state index contributed by atoms with van der Waals surface area (Å²) >= 11 is 0. The van der Waals surface area contributed by atoms with Gasteiger partial charge in [-0.1, -0.05) is 27.7 Å². The van der Waals surface area contributed by atoms with Gasteiger partial charge in [0.05, 0.1) is 37.1 Å². The Morgan fingerprint density at radius 3 is 2.39 bits per heavy atom. The summed E-state index contributed by atoms with van der Waals surface area (Å²) in [6, 6.07) is 1.01. The van der Waals surface area contributed by atoms with E-state index < -0.39 is 23.8 Å². The zero-order valence-electron chi connectivity index (χ0n) is 20.4. The molecule has 0 bridgehead atoms. The molecule has 2 N–H and O–H groups in total. The van der Waals surface area contributed by atoms with Crippen LogP contribution in [0.3, 0.4) is 0 Å². The lowest BCUT2D eigenvalue weighted by atomic mass is 10.0. The van der Waals surface area contributed by atoms with E-state index in [1.54, 1.807) is 11.8 Å². The highest BCUT2D eigenvalue weighted by molar-refractivity contribution is 5.96. The summed E-state index contributed by atoms with van der Waals surface area (Å²) in [4.78, 5) is 27.1. The number of aliphatic hydroxyl groups is 2. The van der Waals surface area contributed by atoms with Gasteiger partial charge in [-0.2, -0.15) is 0 Å². The van der Waals surface area contributed by atoms with E-state index in [1.165, 1.54) is 6.20 Å². The van der Waals surface area contributed by atoms with E-state index in [4.69, 9.17) is 4.74 Å². The van der Waals surface area contributed by atoms with Crippen LogP contribution in [0.15, 0.2) is 17.1 Å². The van der Waals surface area contributed by atoms with Crippen molar-refractivity contribution < 1.29 is 24.1 Å². The van der Waals surface area contributed by atoms with Gasteiger partial charge in [0, 0.05) is 29.7 Å². The van der Waals surface area contributed by atoms with Crippen molar-refractivity contribution in [1.82, 2.24) is 4.57 Å². The number of aliphatic hydroxyl groups excluding tert-OH is 2. The molecule has 0 spiro atoms. The van der Waals surface area contributed by atoms with Crippen molar-refractivity contribution in [3.05, 3.63) is 39.4 Å². The van der Waals surface area contributed by atoms with Crippen molar-refractivity contribution >= 4 is 22.6 Å². The summed E-state index contributed by atoms with van der Waals surface area (Å²) in [5, 5.41) is 19.9. The molecule has 4 rings (SSSR count). The quantitative estimate of drug-likeness (QED) is 0.624. The molecule has 1 aliphatic carbocycles. The van der Waals surface area contributed by atoms with E-state index in [2.05, 4.69) is 0 Å². The van der Waals surface area contributed by atoms with E-state index in [1.807, 2.05) is 32.3 Å². The molecule has 2 fully saturated rings. The average molecular weight is 465 g/mol. The number of hydrogen-bond acceptors (Lipinski definition) is 6. The highest BCUT2D eigenvalue weighted by Gasteiger charge is 2.33. The number of fused-ring (bicyclic) bond motifs is 1. The number of carbonyl (C=O) groups is 1. The molecule has 1 aliphatic heterocycles. The number of ether oxygens (including phenoxy) is 1. The van der Waals surface area contributed by atoms with E-state index in [0.29, 0.717) is 17.6 Å². The second-order valence-corrected chi connectivity index (χ2v) is 7.64. The molecule has 1 aromatic carbocycles. The van der Waals surface area contributed by atoms with Crippen molar-refractivity contribution in [2.24, 2.45) is 0 Å². The van der Waals surface area contributed by atoms with Crippen LogP contribution >= 0.6 is 0 Å². The topological polar surface area (TPSA) is 92.0 Å². The number of hydrogen-bond donors (Lipinski definition) is 2. The van der Waals surface area contributed by atoms with Gasteiger partial charge in [-0.15, -0.1) is 0 Å². The number of esters is 1. The van der Waals surface area contributed by atoms with Gasteiger partial charge in [-0.3, -0.25) is 4.79 Å².